The van der Waals surface area contributed by atoms with Gasteiger partial charge in [-0.3, -0.25) is 0 Å². The van der Waals surface area contributed by atoms with Gasteiger partial charge in [-0.15, -0.1) is 0 Å². The first kappa shape index (κ1) is 18.7. The molecule has 2 unspecified atom stereocenters. The summed E-state index contributed by atoms with van der Waals surface area (Å²) < 4.78 is 5.30. The number of benzene rings is 1. The maximum atomic E-state index is 11.3. The standard InChI is InChI=1S/C18H29NO3/c1-5-8-11-18(21,17(13-20)19-7-3)15-9-10-16(22-4)14(6-2)12-15/h6,9-10,12,17,19-21H,2,5,7-8,11,13H2,1,3-4H3. The van der Waals surface area contributed by atoms with E-state index in [0.717, 1.165) is 29.7 Å². The van der Waals surface area contributed by atoms with Crippen molar-refractivity contribution in [2.75, 3.05) is 20.3 Å². The second kappa shape index (κ2) is 8.93. The van der Waals surface area contributed by atoms with Crippen LogP contribution in [0.3, 0.4) is 0 Å². The number of hydrogen-bond donors (Lipinski definition) is 3. The number of methoxy groups -OCH3 is 1. The molecule has 0 fully saturated rings. The van der Waals surface area contributed by atoms with Crippen molar-refractivity contribution in [3.8, 4) is 5.75 Å². The van der Waals surface area contributed by atoms with Crippen LogP contribution in [0.15, 0.2) is 24.8 Å². The summed E-state index contributed by atoms with van der Waals surface area (Å²) in [7, 11) is 1.61. The van der Waals surface area contributed by atoms with E-state index in [-0.39, 0.29) is 6.61 Å². The fraction of sp³-hybridized carbons (Fsp3) is 0.556. The van der Waals surface area contributed by atoms with Gasteiger partial charge in [0.1, 0.15) is 11.4 Å². The lowest BCUT2D eigenvalue weighted by Gasteiger charge is -2.37. The third kappa shape index (κ3) is 4.09. The van der Waals surface area contributed by atoms with Gasteiger partial charge in [-0.25, -0.2) is 0 Å². The van der Waals surface area contributed by atoms with Crippen molar-refractivity contribution >= 4 is 6.08 Å². The average Bonchev–Trinajstić information content (AvgIpc) is 2.56. The number of aliphatic hydroxyl groups excluding tert-OH is 1. The summed E-state index contributed by atoms with van der Waals surface area (Å²) in [5.74, 6) is 0.723. The molecule has 2 atom stereocenters. The van der Waals surface area contributed by atoms with Gasteiger partial charge in [-0.2, -0.15) is 0 Å². The van der Waals surface area contributed by atoms with Crippen molar-refractivity contribution in [3.63, 3.8) is 0 Å². The molecule has 0 amide bonds. The number of unbranched alkanes of at least 4 members (excludes halogenated alkanes) is 1. The zero-order valence-electron chi connectivity index (χ0n) is 13.9. The molecule has 124 valence electrons. The molecule has 3 N–H and O–H groups in total. The lowest BCUT2D eigenvalue weighted by molar-refractivity contribution is -0.0307. The molecule has 1 aromatic carbocycles. The Kier molecular flexibility index (Phi) is 7.59. The summed E-state index contributed by atoms with van der Waals surface area (Å²) in [6.45, 7) is 8.42. The second-order valence-electron chi connectivity index (χ2n) is 5.48. The quantitative estimate of drug-likeness (QED) is 0.622. The minimum atomic E-state index is -1.12. The van der Waals surface area contributed by atoms with E-state index in [1.807, 2.05) is 25.1 Å². The topological polar surface area (TPSA) is 61.7 Å². The van der Waals surface area contributed by atoms with Crippen molar-refractivity contribution in [1.29, 1.82) is 0 Å². The minimum Gasteiger partial charge on any atom is -0.496 e. The van der Waals surface area contributed by atoms with Crippen LogP contribution in [0.5, 0.6) is 5.75 Å². The molecular formula is C18H29NO3. The van der Waals surface area contributed by atoms with Crippen LogP contribution in [0.2, 0.25) is 0 Å². The molecule has 4 heteroatoms. The van der Waals surface area contributed by atoms with Crippen molar-refractivity contribution in [1.82, 2.24) is 5.32 Å². The highest BCUT2D eigenvalue weighted by Crippen LogP contribution is 2.34. The van der Waals surface area contributed by atoms with Crippen LogP contribution in [0.25, 0.3) is 6.08 Å². The molecular weight excluding hydrogens is 278 g/mol. The number of nitrogens with one attached hydrogen (secondary N) is 1. The second-order valence-corrected chi connectivity index (χ2v) is 5.48. The molecule has 0 saturated heterocycles. The average molecular weight is 307 g/mol. The largest absolute Gasteiger partial charge is 0.496 e. The van der Waals surface area contributed by atoms with Gasteiger partial charge < -0.3 is 20.3 Å². The third-order valence-corrected chi connectivity index (χ3v) is 4.07. The van der Waals surface area contributed by atoms with E-state index in [2.05, 4.69) is 18.8 Å². The molecule has 1 aromatic rings. The molecule has 0 aliphatic carbocycles. The van der Waals surface area contributed by atoms with E-state index in [0.29, 0.717) is 13.0 Å². The van der Waals surface area contributed by atoms with Crippen molar-refractivity contribution in [2.45, 2.75) is 44.8 Å². The summed E-state index contributed by atoms with van der Waals surface area (Å²) in [5.41, 5.74) is 0.491. The summed E-state index contributed by atoms with van der Waals surface area (Å²) in [5, 5.41) is 24.2. The first-order chi connectivity index (χ1) is 10.6. The number of aliphatic hydroxyl groups is 2. The van der Waals surface area contributed by atoms with Crippen molar-refractivity contribution < 1.29 is 14.9 Å². The van der Waals surface area contributed by atoms with Gasteiger partial charge in [0.2, 0.25) is 0 Å². The van der Waals surface area contributed by atoms with E-state index in [9.17, 15) is 10.2 Å². The Balaban J connectivity index is 3.28. The van der Waals surface area contributed by atoms with Gasteiger partial charge in [-0.1, -0.05) is 45.4 Å². The maximum Gasteiger partial charge on any atom is 0.126 e. The molecule has 0 heterocycles. The predicted octanol–water partition coefficient (Wildman–Crippen LogP) is 2.69. The Morgan fingerprint density at radius 3 is 2.64 bits per heavy atom. The van der Waals surface area contributed by atoms with Gasteiger partial charge in [0, 0.05) is 5.56 Å². The summed E-state index contributed by atoms with van der Waals surface area (Å²) in [6, 6.07) is 5.18. The Bertz CT molecular complexity index is 475. The van der Waals surface area contributed by atoms with Crippen LogP contribution in [0, 0.1) is 0 Å². The highest BCUT2D eigenvalue weighted by Gasteiger charge is 2.37. The van der Waals surface area contributed by atoms with E-state index in [1.165, 1.54) is 0 Å². The van der Waals surface area contributed by atoms with Crippen LogP contribution in [-0.2, 0) is 5.60 Å². The molecule has 1 rings (SSSR count). The Labute approximate surface area is 133 Å². The molecule has 0 saturated carbocycles. The monoisotopic (exact) mass is 307 g/mol. The SMILES string of the molecule is C=Cc1cc(C(O)(CCCC)C(CO)NCC)ccc1OC. The van der Waals surface area contributed by atoms with E-state index in [4.69, 9.17) is 4.74 Å². The third-order valence-electron chi connectivity index (χ3n) is 4.07. The summed E-state index contributed by atoms with van der Waals surface area (Å²) in [6.07, 6.45) is 4.17. The lowest BCUT2D eigenvalue weighted by atomic mass is 9.81. The minimum absolute atomic E-state index is 0.122. The molecule has 4 nitrogen and oxygen atoms in total. The molecule has 0 bridgehead atoms. The highest BCUT2D eigenvalue weighted by molar-refractivity contribution is 5.57. The first-order valence-corrected chi connectivity index (χ1v) is 7.94. The Morgan fingerprint density at radius 2 is 2.14 bits per heavy atom. The van der Waals surface area contributed by atoms with Gasteiger partial charge in [0.25, 0.3) is 0 Å². The fourth-order valence-electron chi connectivity index (χ4n) is 2.76. The fourth-order valence-corrected chi connectivity index (χ4v) is 2.76. The number of likely N-dealkylation sites (N-methyl/N-ethyl adjacent to an activating group) is 1. The summed E-state index contributed by atoms with van der Waals surface area (Å²) in [4.78, 5) is 0. The van der Waals surface area contributed by atoms with Crippen molar-refractivity contribution in [2.24, 2.45) is 0 Å². The van der Waals surface area contributed by atoms with E-state index < -0.39 is 11.6 Å². The molecule has 0 aliphatic rings. The summed E-state index contributed by atoms with van der Waals surface area (Å²) >= 11 is 0. The normalized spacial score (nSPS) is 15.1. The van der Waals surface area contributed by atoms with Crippen LogP contribution in [0.1, 0.15) is 44.2 Å². The zero-order chi connectivity index (χ0) is 16.6. The van der Waals surface area contributed by atoms with Crippen LogP contribution >= 0.6 is 0 Å². The number of ether oxygens (including phenoxy) is 1. The molecule has 0 spiro atoms. The van der Waals surface area contributed by atoms with E-state index in [1.54, 1.807) is 13.2 Å². The maximum absolute atomic E-state index is 11.3. The molecule has 0 radical (unpaired) electrons. The van der Waals surface area contributed by atoms with Crippen molar-refractivity contribution in [3.05, 3.63) is 35.9 Å². The molecule has 0 aliphatic heterocycles. The smallest absolute Gasteiger partial charge is 0.126 e. The van der Waals surface area contributed by atoms with Gasteiger partial charge in [0.15, 0.2) is 0 Å². The highest BCUT2D eigenvalue weighted by atomic mass is 16.5. The Hall–Kier alpha value is -1.36. The lowest BCUT2D eigenvalue weighted by Crippen LogP contribution is -2.51. The number of rotatable bonds is 10. The predicted molar refractivity (Wildman–Crippen MR) is 91.1 cm³/mol. The Morgan fingerprint density at radius 1 is 1.41 bits per heavy atom. The van der Waals surface area contributed by atoms with Crippen LogP contribution in [-0.4, -0.2) is 36.5 Å². The molecule has 22 heavy (non-hydrogen) atoms. The van der Waals surface area contributed by atoms with Gasteiger partial charge in [0.05, 0.1) is 19.8 Å². The molecule has 0 aromatic heterocycles. The zero-order valence-corrected chi connectivity index (χ0v) is 13.9. The van der Waals surface area contributed by atoms with E-state index >= 15 is 0 Å². The first-order valence-electron chi connectivity index (χ1n) is 7.94. The number of hydrogen-bond acceptors (Lipinski definition) is 4. The van der Waals surface area contributed by atoms with Gasteiger partial charge >= 0.3 is 0 Å². The van der Waals surface area contributed by atoms with Crippen LogP contribution in [0.4, 0.5) is 0 Å². The van der Waals surface area contributed by atoms with Gasteiger partial charge in [-0.05, 0) is 30.7 Å². The van der Waals surface area contributed by atoms with Crippen LogP contribution < -0.4 is 10.1 Å².